The van der Waals surface area contributed by atoms with E-state index in [0.717, 1.165) is 11.1 Å². The molecule has 1 heterocycles. The van der Waals surface area contributed by atoms with Crippen molar-refractivity contribution >= 4 is 0 Å². The average molecular weight is 237 g/mol. The molecule has 4 heteroatoms. The summed E-state index contributed by atoms with van der Waals surface area (Å²) in [6.45, 7) is 5.15. The first-order valence-electron chi connectivity index (χ1n) is 5.77. The third-order valence-corrected chi connectivity index (χ3v) is 2.75. The van der Waals surface area contributed by atoms with Gasteiger partial charge in [0.25, 0.3) is 0 Å². The fourth-order valence-electron chi connectivity index (χ4n) is 1.91. The van der Waals surface area contributed by atoms with Crippen molar-refractivity contribution in [1.29, 1.82) is 0 Å². The molecule has 0 spiro atoms. The molecular formula is C13H19NO3. The molecule has 0 amide bonds. The second-order valence-corrected chi connectivity index (χ2v) is 4.59. The third-order valence-electron chi connectivity index (χ3n) is 2.75. The molecule has 1 aliphatic rings. The predicted octanol–water partition coefficient (Wildman–Crippen LogP) is 2.16. The summed E-state index contributed by atoms with van der Waals surface area (Å²) in [7, 11) is 1.61. The molecule has 17 heavy (non-hydrogen) atoms. The van der Waals surface area contributed by atoms with Crippen LogP contribution in [0.25, 0.3) is 0 Å². The average Bonchev–Trinajstić information content (AvgIpc) is 2.67. The van der Waals surface area contributed by atoms with Crippen LogP contribution >= 0.6 is 0 Å². The van der Waals surface area contributed by atoms with Crippen molar-refractivity contribution in [3.05, 3.63) is 35.4 Å². The van der Waals surface area contributed by atoms with Crippen LogP contribution in [0.15, 0.2) is 24.3 Å². The monoisotopic (exact) mass is 237 g/mol. The Bertz CT molecular complexity index is 379. The third kappa shape index (κ3) is 3.26. The quantitative estimate of drug-likeness (QED) is 0.815. The van der Waals surface area contributed by atoms with Gasteiger partial charge >= 0.3 is 0 Å². The zero-order valence-corrected chi connectivity index (χ0v) is 10.5. The molecule has 1 aliphatic heterocycles. The summed E-state index contributed by atoms with van der Waals surface area (Å²) < 4.78 is 11.4. The highest BCUT2D eigenvalue weighted by Crippen LogP contribution is 2.32. The Morgan fingerprint density at radius 2 is 2.29 bits per heavy atom. The van der Waals surface area contributed by atoms with E-state index in [4.69, 9.17) is 14.3 Å². The Morgan fingerprint density at radius 1 is 1.47 bits per heavy atom. The lowest BCUT2D eigenvalue weighted by Crippen LogP contribution is -2.19. The van der Waals surface area contributed by atoms with Crippen molar-refractivity contribution in [3.63, 3.8) is 0 Å². The highest BCUT2D eigenvalue weighted by atomic mass is 16.7. The van der Waals surface area contributed by atoms with E-state index in [1.54, 1.807) is 7.11 Å². The van der Waals surface area contributed by atoms with E-state index in [0.29, 0.717) is 13.2 Å². The molecule has 1 aromatic rings. The van der Waals surface area contributed by atoms with Gasteiger partial charge in [0, 0.05) is 6.54 Å². The Kier molecular flexibility index (Phi) is 3.79. The lowest BCUT2D eigenvalue weighted by Gasteiger charge is -2.17. The van der Waals surface area contributed by atoms with Crippen molar-refractivity contribution in [2.75, 3.05) is 13.7 Å². The molecule has 4 nitrogen and oxygen atoms in total. The van der Waals surface area contributed by atoms with E-state index >= 15 is 0 Å². The van der Waals surface area contributed by atoms with Gasteiger partial charge < -0.3 is 14.3 Å². The number of ether oxygens (including phenoxy) is 2. The van der Waals surface area contributed by atoms with Gasteiger partial charge in [-0.1, -0.05) is 24.3 Å². The van der Waals surface area contributed by atoms with Crippen LogP contribution in [0.1, 0.15) is 31.1 Å². The van der Waals surface area contributed by atoms with Gasteiger partial charge in [-0.15, -0.1) is 0 Å². The Hall–Kier alpha value is -0.940. The van der Waals surface area contributed by atoms with Gasteiger partial charge in [0.15, 0.2) is 5.79 Å². The molecule has 1 saturated heterocycles. The van der Waals surface area contributed by atoms with Crippen molar-refractivity contribution in [2.45, 2.75) is 32.3 Å². The van der Waals surface area contributed by atoms with E-state index in [2.05, 4.69) is 23.7 Å². The van der Waals surface area contributed by atoms with Crippen LogP contribution in [0, 0.1) is 0 Å². The minimum atomic E-state index is -0.481. The van der Waals surface area contributed by atoms with Gasteiger partial charge in [-0.25, -0.2) is 0 Å². The standard InChI is InChI=1S/C13H19NO3/c1-13(2)16-9-12(17-13)11-6-4-5-10(7-11)8-14-15-3/h4-7,12,14H,8-9H2,1-3H3. The number of hydroxylamine groups is 1. The number of rotatable bonds is 4. The maximum absolute atomic E-state index is 5.82. The molecule has 0 radical (unpaired) electrons. The minimum absolute atomic E-state index is 0.0208. The largest absolute Gasteiger partial charge is 0.347 e. The van der Waals surface area contributed by atoms with E-state index in [9.17, 15) is 0 Å². The summed E-state index contributed by atoms with van der Waals surface area (Å²) in [6.07, 6.45) is 0.0208. The van der Waals surface area contributed by atoms with Crippen molar-refractivity contribution < 1.29 is 14.3 Å². The van der Waals surface area contributed by atoms with Crippen molar-refractivity contribution in [1.82, 2.24) is 5.48 Å². The SMILES string of the molecule is CONCc1cccc(C2COC(C)(C)O2)c1. The highest BCUT2D eigenvalue weighted by molar-refractivity contribution is 5.25. The number of hydrogen-bond acceptors (Lipinski definition) is 4. The van der Waals surface area contributed by atoms with Gasteiger partial charge in [-0.2, -0.15) is 5.48 Å². The molecule has 1 atom stereocenters. The smallest absolute Gasteiger partial charge is 0.163 e. The zero-order valence-electron chi connectivity index (χ0n) is 10.5. The molecule has 94 valence electrons. The molecule has 1 N–H and O–H groups in total. The summed E-state index contributed by atoms with van der Waals surface area (Å²) in [5, 5.41) is 0. The zero-order chi connectivity index (χ0) is 12.3. The number of benzene rings is 1. The van der Waals surface area contributed by atoms with E-state index < -0.39 is 5.79 Å². The minimum Gasteiger partial charge on any atom is -0.347 e. The van der Waals surface area contributed by atoms with Crippen LogP contribution in [0.2, 0.25) is 0 Å². The molecule has 1 aromatic carbocycles. The van der Waals surface area contributed by atoms with Crippen LogP contribution < -0.4 is 5.48 Å². The number of hydrogen-bond donors (Lipinski definition) is 1. The topological polar surface area (TPSA) is 39.7 Å². The Labute approximate surface area is 102 Å². The first-order chi connectivity index (χ1) is 8.11. The van der Waals surface area contributed by atoms with Gasteiger partial charge in [-0.05, 0) is 25.0 Å². The summed E-state index contributed by atoms with van der Waals surface area (Å²) >= 11 is 0. The molecule has 0 bridgehead atoms. The second-order valence-electron chi connectivity index (χ2n) is 4.59. The van der Waals surface area contributed by atoms with E-state index in [-0.39, 0.29) is 6.10 Å². The van der Waals surface area contributed by atoms with Gasteiger partial charge in [0.05, 0.1) is 13.7 Å². The van der Waals surface area contributed by atoms with Crippen LogP contribution in [0.3, 0.4) is 0 Å². The van der Waals surface area contributed by atoms with E-state index in [1.165, 1.54) is 0 Å². The molecule has 0 saturated carbocycles. The summed E-state index contributed by atoms with van der Waals surface area (Å²) in [5.41, 5.74) is 5.14. The molecule has 0 aliphatic carbocycles. The highest BCUT2D eigenvalue weighted by Gasteiger charge is 2.33. The summed E-state index contributed by atoms with van der Waals surface area (Å²) in [4.78, 5) is 4.84. The van der Waals surface area contributed by atoms with Gasteiger partial charge in [0.1, 0.15) is 6.10 Å². The predicted molar refractivity (Wildman–Crippen MR) is 64.1 cm³/mol. The normalized spacial score (nSPS) is 22.9. The molecular weight excluding hydrogens is 218 g/mol. The van der Waals surface area contributed by atoms with Gasteiger partial charge in [-0.3, -0.25) is 0 Å². The number of nitrogens with one attached hydrogen (secondary N) is 1. The lowest BCUT2D eigenvalue weighted by molar-refractivity contribution is -0.139. The summed E-state index contributed by atoms with van der Waals surface area (Å²) in [5.74, 6) is -0.481. The Balaban J connectivity index is 2.06. The molecule has 1 fully saturated rings. The maximum Gasteiger partial charge on any atom is 0.163 e. The van der Waals surface area contributed by atoms with Crippen molar-refractivity contribution in [3.8, 4) is 0 Å². The summed E-state index contributed by atoms with van der Waals surface area (Å²) in [6, 6.07) is 8.25. The van der Waals surface area contributed by atoms with Crippen LogP contribution in [-0.4, -0.2) is 19.5 Å². The van der Waals surface area contributed by atoms with Crippen LogP contribution in [0.5, 0.6) is 0 Å². The van der Waals surface area contributed by atoms with Crippen LogP contribution in [-0.2, 0) is 20.9 Å². The fourth-order valence-corrected chi connectivity index (χ4v) is 1.91. The molecule has 0 aromatic heterocycles. The first kappa shape index (κ1) is 12.5. The Morgan fingerprint density at radius 3 is 2.94 bits per heavy atom. The lowest BCUT2D eigenvalue weighted by atomic mass is 10.1. The fraction of sp³-hybridized carbons (Fsp3) is 0.538. The molecule has 1 unspecified atom stereocenters. The first-order valence-corrected chi connectivity index (χ1v) is 5.77. The van der Waals surface area contributed by atoms with Crippen molar-refractivity contribution in [2.24, 2.45) is 0 Å². The second kappa shape index (κ2) is 5.14. The van der Waals surface area contributed by atoms with Crippen LogP contribution in [0.4, 0.5) is 0 Å². The van der Waals surface area contributed by atoms with Gasteiger partial charge in [0.2, 0.25) is 0 Å². The maximum atomic E-state index is 5.82. The van der Waals surface area contributed by atoms with E-state index in [1.807, 2.05) is 19.9 Å². The molecule has 2 rings (SSSR count).